The van der Waals surface area contributed by atoms with Crippen LogP contribution in [0.5, 0.6) is 0 Å². The molecule has 2 fully saturated rings. The average molecular weight is 540 g/mol. The Morgan fingerprint density at radius 2 is 1.74 bits per heavy atom. The predicted octanol–water partition coefficient (Wildman–Crippen LogP) is 4.67. The van der Waals surface area contributed by atoms with E-state index in [1.54, 1.807) is 0 Å². The summed E-state index contributed by atoms with van der Waals surface area (Å²) in [5.74, 6) is -0.185. The second kappa shape index (κ2) is 12.9. The Hall–Kier alpha value is -2.98. The Labute approximate surface area is 230 Å². The molecule has 0 radical (unpaired) electrons. The van der Waals surface area contributed by atoms with Gasteiger partial charge in [-0.1, -0.05) is 36.4 Å². The van der Waals surface area contributed by atoms with Gasteiger partial charge in [-0.05, 0) is 70.3 Å². The summed E-state index contributed by atoms with van der Waals surface area (Å²) in [7, 11) is 0. The number of hydrogen-bond donors (Lipinski definition) is 3. The number of anilines is 1. The highest BCUT2D eigenvalue weighted by atomic mass is 16.7. The third-order valence-electron chi connectivity index (χ3n) is 6.87. The molecule has 9 heteroatoms. The van der Waals surface area contributed by atoms with Crippen molar-refractivity contribution < 1.29 is 28.9 Å². The maximum Gasteiger partial charge on any atom is 0.323 e. The van der Waals surface area contributed by atoms with Crippen molar-refractivity contribution >= 4 is 17.7 Å². The molecule has 39 heavy (non-hydrogen) atoms. The standard InChI is InChI=1S/C30H41N3O6/c1-5-31-29(36)32-23-14-12-22(13-15-23)28-37-24(17-26(38-28)21-10-8-20(19-34)9-11-21)18-33-16-6-7-25(33)27(35)39-30(2,3)4/h8-15,24-26,28,34H,5-7,16-19H2,1-4H3,(H2,31,32,36). The Morgan fingerprint density at radius 1 is 1.05 bits per heavy atom. The van der Waals surface area contributed by atoms with Gasteiger partial charge >= 0.3 is 12.0 Å². The molecule has 212 valence electrons. The van der Waals surface area contributed by atoms with Crippen LogP contribution in [0.2, 0.25) is 0 Å². The fourth-order valence-corrected chi connectivity index (χ4v) is 5.04. The normalized spacial score (nSPS) is 23.8. The Morgan fingerprint density at radius 3 is 2.38 bits per heavy atom. The molecule has 2 amide bonds. The Balaban J connectivity index is 1.51. The van der Waals surface area contributed by atoms with Crippen molar-refractivity contribution in [3.8, 4) is 0 Å². The molecule has 0 bridgehead atoms. The molecule has 3 N–H and O–H groups in total. The molecule has 9 nitrogen and oxygen atoms in total. The first kappa shape index (κ1) is 29.0. The maximum absolute atomic E-state index is 12.9. The molecule has 0 aromatic heterocycles. The minimum atomic E-state index is -0.618. The van der Waals surface area contributed by atoms with Gasteiger partial charge in [0, 0.05) is 30.8 Å². The van der Waals surface area contributed by atoms with Gasteiger partial charge in [0.05, 0.1) is 18.8 Å². The predicted molar refractivity (Wildman–Crippen MR) is 148 cm³/mol. The lowest BCUT2D eigenvalue weighted by Crippen LogP contribution is -2.45. The molecule has 2 saturated heterocycles. The molecule has 0 saturated carbocycles. The zero-order valence-electron chi connectivity index (χ0n) is 23.3. The molecular weight excluding hydrogens is 498 g/mol. The van der Waals surface area contributed by atoms with Gasteiger partial charge in [0.15, 0.2) is 6.29 Å². The number of benzene rings is 2. The number of carbonyl (C=O) groups is 2. The lowest BCUT2D eigenvalue weighted by atomic mass is 9.99. The first-order valence-corrected chi connectivity index (χ1v) is 13.8. The molecule has 2 aliphatic heterocycles. The van der Waals surface area contributed by atoms with Crippen LogP contribution in [0.1, 0.15) is 76.0 Å². The van der Waals surface area contributed by atoms with E-state index < -0.39 is 11.9 Å². The molecule has 4 rings (SSSR count). The van der Waals surface area contributed by atoms with Gasteiger partial charge < -0.3 is 30.0 Å². The van der Waals surface area contributed by atoms with E-state index in [0.29, 0.717) is 25.2 Å². The zero-order chi connectivity index (χ0) is 28.0. The summed E-state index contributed by atoms with van der Waals surface area (Å²) in [4.78, 5) is 27.0. The van der Waals surface area contributed by atoms with Crippen molar-refractivity contribution in [3.05, 3.63) is 65.2 Å². The molecular formula is C30H41N3O6. The second-order valence-corrected chi connectivity index (χ2v) is 11.1. The van der Waals surface area contributed by atoms with E-state index in [1.807, 2.05) is 76.2 Å². The van der Waals surface area contributed by atoms with Crippen molar-refractivity contribution in [3.63, 3.8) is 0 Å². The fraction of sp³-hybridized carbons (Fsp3) is 0.533. The SMILES string of the molecule is CCNC(=O)Nc1ccc(C2OC(CN3CCCC3C(=O)OC(C)(C)C)CC(c3ccc(CO)cc3)O2)cc1. The molecule has 2 aromatic rings. The number of hydrogen-bond acceptors (Lipinski definition) is 7. The monoisotopic (exact) mass is 539 g/mol. The lowest BCUT2D eigenvalue weighted by molar-refractivity contribution is -0.253. The van der Waals surface area contributed by atoms with Gasteiger partial charge in [0.2, 0.25) is 0 Å². The van der Waals surface area contributed by atoms with E-state index in [0.717, 1.165) is 36.1 Å². The molecule has 2 heterocycles. The van der Waals surface area contributed by atoms with E-state index in [4.69, 9.17) is 14.2 Å². The number of likely N-dealkylation sites (tertiary alicyclic amines) is 1. The molecule has 4 unspecified atom stereocenters. The van der Waals surface area contributed by atoms with E-state index in [2.05, 4.69) is 15.5 Å². The Bertz CT molecular complexity index is 1100. The quantitative estimate of drug-likeness (QED) is 0.418. The average Bonchev–Trinajstić information content (AvgIpc) is 3.36. The van der Waals surface area contributed by atoms with Crippen LogP contribution in [-0.4, -0.2) is 59.4 Å². The zero-order valence-corrected chi connectivity index (χ0v) is 23.3. The van der Waals surface area contributed by atoms with Crippen LogP contribution in [0.3, 0.4) is 0 Å². The Kier molecular flexibility index (Phi) is 9.61. The smallest absolute Gasteiger partial charge is 0.323 e. The molecule has 4 atom stereocenters. The van der Waals surface area contributed by atoms with Crippen LogP contribution >= 0.6 is 0 Å². The molecule has 0 aliphatic carbocycles. The van der Waals surface area contributed by atoms with E-state index >= 15 is 0 Å². The fourth-order valence-electron chi connectivity index (χ4n) is 5.04. The number of nitrogens with zero attached hydrogens (tertiary/aromatic N) is 1. The van der Waals surface area contributed by atoms with Gasteiger partial charge in [0.1, 0.15) is 11.6 Å². The van der Waals surface area contributed by atoms with Gasteiger partial charge in [-0.3, -0.25) is 9.69 Å². The minimum Gasteiger partial charge on any atom is -0.459 e. The van der Waals surface area contributed by atoms with Gasteiger partial charge in [-0.25, -0.2) is 4.79 Å². The van der Waals surface area contributed by atoms with Crippen LogP contribution in [0.15, 0.2) is 48.5 Å². The highest BCUT2D eigenvalue weighted by molar-refractivity contribution is 5.89. The van der Waals surface area contributed by atoms with Crippen LogP contribution in [0.25, 0.3) is 0 Å². The summed E-state index contributed by atoms with van der Waals surface area (Å²) in [5, 5.41) is 15.0. The number of carbonyl (C=O) groups excluding carboxylic acids is 2. The number of rotatable bonds is 8. The van der Waals surface area contributed by atoms with Crippen molar-refractivity contribution in [1.82, 2.24) is 10.2 Å². The van der Waals surface area contributed by atoms with E-state index in [-0.39, 0.29) is 36.9 Å². The first-order valence-electron chi connectivity index (χ1n) is 13.8. The summed E-state index contributed by atoms with van der Waals surface area (Å²) in [6.07, 6.45) is 1.31. The molecule has 2 aromatic carbocycles. The van der Waals surface area contributed by atoms with Crippen molar-refractivity contribution in [2.45, 2.75) is 83.7 Å². The summed E-state index contributed by atoms with van der Waals surface area (Å²) in [5.41, 5.74) is 2.82. The number of urea groups is 1. The van der Waals surface area contributed by atoms with Gasteiger partial charge in [-0.2, -0.15) is 0 Å². The van der Waals surface area contributed by atoms with Crippen LogP contribution < -0.4 is 10.6 Å². The van der Waals surface area contributed by atoms with Crippen molar-refractivity contribution in [2.24, 2.45) is 0 Å². The highest BCUT2D eigenvalue weighted by Gasteiger charge is 2.38. The van der Waals surface area contributed by atoms with Crippen LogP contribution in [0.4, 0.5) is 10.5 Å². The largest absolute Gasteiger partial charge is 0.459 e. The number of amides is 2. The second-order valence-electron chi connectivity index (χ2n) is 11.1. The number of ether oxygens (including phenoxy) is 3. The van der Waals surface area contributed by atoms with Gasteiger partial charge in [0.25, 0.3) is 0 Å². The van der Waals surface area contributed by atoms with Crippen LogP contribution in [-0.2, 0) is 25.6 Å². The third-order valence-corrected chi connectivity index (χ3v) is 6.87. The lowest BCUT2D eigenvalue weighted by Gasteiger charge is -2.38. The number of nitrogens with one attached hydrogen (secondary N) is 2. The van der Waals surface area contributed by atoms with Crippen molar-refractivity contribution in [2.75, 3.05) is 25.0 Å². The summed E-state index contributed by atoms with van der Waals surface area (Å²) < 4.78 is 18.6. The van der Waals surface area contributed by atoms with Crippen LogP contribution in [0, 0.1) is 0 Å². The summed E-state index contributed by atoms with van der Waals surface area (Å²) in [6, 6.07) is 14.7. The number of aliphatic hydroxyl groups is 1. The highest BCUT2D eigenvalue weighted by Crippen LogP contribution is 2.39. The third kappa shape index (κ3) is 8.02. The summed E-state index contributed by atoms with van der Waals surface area (Å²) >= 11 is 0. The van der Waals surface area contributed by atoms with E-state index in [1.165, 1.54) is 0 Å². The number of esters is 1. The van der Waals surface area contributed by atoms with Gasteiger partial charge in [-0.15, -0.1) is 0 Å². The topological polar surface area (TPSA) is 109 Å². The maximum atomic E-state index is 12.9. The van der Waals surface area contributed by atoms with Crippen molar-refractivity contribution in [1.29, 1.82) is 0 Å². The minimum absolute atomic E-state index is 0.0160. The van der Waals surface area contributed by atoms with E-state index in [9.17, 15) is 14.7 Å². The molecule has 0 spiro atoms. The molecule has 2 aliphatic rings. The first-order chi connectivity index (χ1) is 18.6. The summed E-state index contributed by atoms with van der Waals surface area (Å²) in [6.45, 7) is 9.46. The number of aliphatic hydroxyl groups excluding tert-OH is 1.